The van der Waals surface area contributed by atoms with E-state index >= 15 is 0 Å². The first-order valence-corrected chi connectivity index (χ1v) is 15.5. The fourth-order valence-electron chi connectivity index (χ4n) is 4.35. The lowest BCUT2D eigenvalue weighted by Crippen LogP contribution is -2.02. The summed E-state index contributed by atoms with van der Waals surface area (Å²) in [6.07, 6.45) is 42.3. The number of unbranched alkanes of at least 4 members (excludes halogenated alkanes) is 21. The predicted molar refractivity (Wildman–Crippen MR) is 156 cm³/mol. The maximum Gasteiger partial charge on any atom is 0.330 e. The number of allylic oxidation sites excluding steroid dienone is 5. The summed E-state index contributed by atoms with van der Waals surface area (Å²) in [7, 11) is 0. The zero-order valence-electron chi connectivity index (χ0n) is 23.8. The Bertz CT molecular complexity index is 503. The molecule has 0 fully saturated rings. The van der Waals surface area contributed by atoms with Crippen molar-refractivity contribution < 1.29 is 9.53 Å². The molecule has 2 heteroatoms. The molecule has 0 saturated heterocycles. The Kier molecular flexibility index (Phi) is 29.6. The Morgan fingerprint density at radius 2 is 0.886 bits per heavy atom. The number of carbonyl (C=O) groups excluding carboxylic acids is 1. The highest BCUT2D eigenvalue weighted by atomic mass is 16.5. The molecule has 0 unspecified atom stereocenters. The molecule has 35 heavy (non-hydrogen) atoms. The van der Waals surface area contributed by atoms with Gasteiger partial charge in [-0.3, -0.25) is 0 Å². The molecule has 2 nitrogen and oxygen atoms in total. The van der Waals surface area contributed by atoms with Crippen LogP contribution in [0.5, 0.6) is 0 Å². The van der Waals surface area contributed by atoms with Crippen molar-refractivity contribution in [3.8, 4) is 0 Å². The lowest BCUT2D eigenvalue weighted by molar-refractivity contribution is -0.137. The van der Waals surface area contributed by atoms with E-state index in [0.29, 0.717) is 6.61 Å². The van der Waals surface area contributed by atoms with Crippen LogP contribution in [0.4, 0.5) is 0 Å². The lowest BCUT2D eigenvalue weighted by atomic mass is 10.1. The van der Waals surface area contributed by atoms with Gasteiger partial charge in [0.05, 0.1) is 6.61 Å². The molecule has 0 spiro atoms. The van der Waals surface area contributed by atoms with Gasteiger partial charge in [-0.05, 0) is 19.3 Å². The molecular formula is C33H60O2. The zero-order chi connectivity index (χ0) is 25.5. The van der Waals surface area contributed by atoms with Crippen LogP contribution in [0.15, 0.2) is 36.5 Å². The van der Waals surface area contributed by atoms with Gasteiger partial charge in [0.1, 0.15) is 0 Å². The topological polar surface area (TPSA) is 26.3 Å². The molecule has 0 radical (unpaired) electrons. The van der Waals surface area contributed by atoms with Gasteiger partial charge in [-0.25, -0.2) is 4.79 Å². The van der Waals surface area contributed by atoms with E-state index in [1.165, 1.54) is 134 Å². The van der Waals surface area contributed by atoms with Crippen molar-refractivity contribution in [1.29, 1.82) is 0 Å². The number of rotatable bonds is 27. The van der Waals surface area contributed by atoms with Crippen LogP contribution in [0, 0.1) is 0 Å². The SMILES string of the molecule is CCCCCCCCCCCCCC=CC=CC=CC(=O)OCCCCCCCCCCCCC. The average Bonchev–Trinajstić information content (AvgIpc) is 2.86. The number of carbonyl (C=O) groups is 1. The first kappa shape index (κ1) is 33.7. The Morgan fingerprint density at radius 1 is 0.486 bits per heavy atom. The Balaban J connectivity index is 3.38. The van der Waals surface area contributed by atoms with Crippen LogP contribution in [0.1, 0.15) is 162 Å². The van der Waals surface area contributed by atoms with Crippen molar-refractivity contribution in [2.24, 2.45) is 0 Å². The summed E-state index contributed by atoms with van der Waals surface area (Å²) in [4.78, 5) is 11.7. The fourth-order valence-corrected chi connectivity index (χ4v) is 4.35. The molecule has 0 aromatic heterocycles. The van der Waals surface area contributed by atoms with Crippen LogP contribution in [0.3, 0.4) is 0 Å². The second kappa shape index (κ2) is 30.7. The molecule has 0 aromatic carbocycles. The van der Waals surface area contributed by atoms with Gasteiger partial charge in [-0.15, -0.1) is 0 Å². The van der Waals surface area contributed by atoms with Gasteiger partial charge < -0.3 is 4.74 Å². The van der Waals surface area contributed by atoms with Crippen LogP contribution >= 0.6 is 0 Å². The number of hydrogen-bond donors (Lipinski definition) is 0. The summed E-state index contributed by atoms with van der Waals surface area (Å²) in [5.41, 5.74) is 0. The maximum absolute atomic E-state index is 11.7. The predicted octanol–water partition coefficient (Wildman–Crippen LogP) is 11.2. The number of ether oxygens (including phenoxy) is 1. The standard InChI is InChI=1S/C33H60O2/c1-3-5-7-9-11-13-15-16-17-18-19-20-21-23-25-27-29-31-33(34)35-32-30-28-26-24-22-14-12-10-8-6-4-2/h21,23,25,27,29,31H,3-20,22,24,26,28,30,32H2,1-2H3. The van der Waals surface area contributed by atoms with E-state index in [1.807, 2.05) is 12.2 Å². The normalized spacial score (nSPS) is 11.9. The second-order valence-electron chi connectivity index (χ2n) is 10.2. The fraction of sp³-hybridized carbons (Fsp3) is 0.788. The third-order valence-electron chi connectivity index (χ3n) is 6.67. The molecule has 0 aliphatic heterocycles. The smallest absolute Gasteiger partial charge is 0.330 e. The number of esters is 1. The summed E-state index contributed by atoms with van der Waals surface area (Å²) in [5.74, 6) is -0.230. The van der Waals surface area contributed by atoms with Crippen molar-refractivity contribution in [1.82, 2.24) is 0 Å². The minimum atomic E-state index is -0.230. The van der Waals surface area contributed by atoms with Crippen LogP contribution in [0.25, 0.3) is 0 Å². The third-order valence-corrected chi connectivity index (χ3v) is 6.67. The van der Waals surface area contributed by atoms with Crippen molar-refractivity contribution >= 4 is 5.97 Å². The van der Waals surface area contributed by atoms with Gasteiger partial charge in [-0.2, -0.15) is 0 Å². The highest BCUT2D eigenvalue weighted by molar-refractivity contribution is 5.82. The van der Waals surface area contributed by atoms with Gasteiger partial charge in [0.25, 0.3) is 0 Å². The number of hydrogen-bond acceptors (Lipinski definition) is 2. The van der Waals surface area contributed by atoms with Crippen LogP contribution in [0.2, 0.25) is 0 Å². The van der Waals surface area contributed by atoms with Gasteiger partial charge in [-0.1, -0.05) is 173 Å². The Labute approximate surface area is 220 Å². The molecule has 0 atom stereocenters. The molecule has 204 valence electrons. The molecule has 0 bridgehead atoms. The second-order valence-corrected chi connectivity index (χ2v) is 10.2. The van der Waals surface area contributed by atoms with Crippen molar-refractivity contribution in [2.45, 2.75) is 162 Å². The monoisotopic (exact) mass is 488 g/mol. The summed E-state index contributed by atoms with van der Waals surface area (Å²) in [6, 6.07) is 0. The summed E-state index contributed by atoms with van der Waals surface area (Å²) < 4.78 is 5.28. The van der Waals surface area contributed by atoms with E-state index in [-0.39, 0.29) is 5.97 Å². The van der Waals surface area contributed by atoms with E-state index in [1.54, 1.807) is 6.08 Å². The van der Waals surface area contributed by atoms with Gasteiger partial charge >= 0.3 is 5.97 Å². The summed E-state index contributed by atoms with van der Waals surface area (Å²) in [5, 5.41) is 0. The molecule has 0 aliphatic rings. The molecule has 0 aliphatic carbocycles. The molecule has 0 N–H and O–H groups in total. The highest BCUT2D eigenvalue weighted by Crippen LogP contribution is 2.13. The van der Waals surface area contributed by atoms with E-state index < -0.39 is 0 Å². The molecular weight excluding hydrogens is 428 g/mol. The van der Waals surface area contributed by atoms with Gasteiger partial charge in [0, 0.05) is 6.08 Å². The quantitative estimate of drug-likeness (QED) is 0.0497. The highest BCUT2D eigenvalue weighted by Gasteiger charge is 1.97. The molecule has 0 amide bonds. The van der Waals surface area contributed by atoms with Crippen molar-refractivity contribution in [3.05, 3.63) is 36.5 Å². The first-order valence-electron chi connectivity index (χ1n) is 15.5. The van der Waals surface area contributed by atoms with Gasteiger partial charge in [0.15, 0.2) is 0 Å². The summed E-state index contributed by atoms with van der Waals surface area (Å²) in [6.45, 7) is 5.09. The zero-order valence-corrected chi connectivity index (χ0v) is 23.8. The first-order chi connectivity index (χ1) is 17.3. The van der Waals surface area contributed by atoms with E-state index in [4.69, 9.17) is 4.74 Å². The van der Waals surface area contributed by atoms with E-state index in [2.05, 4.69) is 26.0 Å². The maximum atomic E-state index is 11.7. The molecule has 0 saturated carbocycles. The average molecular weight is 489 g/mol. The van der Waals surface area contributed by atoms with Gasteiger partial charge in [0.2, 0.25) is 0 Å². The van der Waals surface area contributed by atoms with Crippen LogP contribution in [-0.4, -0.2) is 12.6 Å². The van der Waals surface area contributed by atoms with Crippen molar-refractivity contribution in [2.75, 3.05) is 6.61 Å². The summed E-state index contributed by atoms with van der Waals surface area (Å²) >= 11 is 0. The Hall–Kier alpha value is -1.31. The minimum absolute atomic E-state index is 0.230. The van der Waals surface area contributed by atoms with Crippen molar-refractivity contribution in [3.63, 3.8) is 0 Å². The molecule has 0 aromatic rings. The minimum Gasteiger partial charge on any atom is -0.463 e. The molecule has 0 rings (SSSR count). The molecule has 0 heterocycles. The lowest BCUT2D eigenvalue weighted by Gasteiger charge is -2.03. The Morgan fingerprint density at radius 3 is 1.37 bits per heavy atom. The van der Waals surface area contributed by atoms with E-state index in [0.717, 1.165) is 19.3 Å². The van der Waals surface area contributed by atoms with Crippen LogP contribution < -0.4 is 0 Å². The van der Waals surface area contributed by atoms with E-state index in [9.17, 15) is 4.79 Å². The third kappa shape index (κ3) is 30.7. The van der Waals surface area contributed by atoms with Crippen LogP contribution in [-0.2, 0) is 9.53 Å². The largest absolute Gasteiger partial charge is 0.463 e.